The molecule has 0 bridgehead atoms. The standard InChI is InChI=1S/C7H22N2Si2/c1-10(2,3)9(7-8)11(4,5)6/h7-8H2,1-6H3. The zero-order valence-electron chi connectivity index (χ0n) is 8.73. The summed E-state index contributed by atoms with van der Waals surface area (Å²) in [6.07, 6.45) is 0. The van der Waals surface area contributed by atoms with Crippen LogP contribution in [-0.4, -0.2) is 27.4 Å². The quantitative estimate of drug-likeness (QED) is 0.544. The fourth-order valence-corrected chi connectivity index (χ4v) is 10.7. The second-order valence-electron chi connectivity index (χ2n) is 4.95. The van der Waals surface area contributed by atoms with Gasteiger partial charge in [0.15, 0.2) is 0 Å². The third-order valence-electron chi connectivity index (χ3n) is 1.80. The molecule has 0 aromatic heterocycles. The molecule has 0 spiro atoms. The van der Waals surface area contributed by atoms with E-state index in [0.29, 0.717) is 0 Å². The van der Waals surface area contributed by atoms with Gasteiger partial charge in [0.2, 0.25) is 0 Å². The molecule has 0 aliphatic rings. The minimum atomic E-state index is -1.15. The van der Waals surface area contributed by atoms with Crippen molar-refractivity contribution in [2.24, 2.45) is 5.73 Å². The van der Waals surface area contributed by atoms with E-state index in [2.05, 4.69) is 43.5 Å². The number of rotatable bonds is 3. The van der Waals surface area contributed by atoms with Crippen molar-refractivity contribution in [3.63, 3.8) is 0 Å². The number of nitrogens with zero attached hydrogens (tertiary/aromatic N) is 1. The Hall–Kier alpha value is 0.354. The molecule has 2 N–H and O–H groups in total. The lowest BCUT2D eigenvalue weighted by molar-refractivity contribution is 0.632. The molecule has 0 atom stereocenters. The molecule has 0 amide bonds. The summed E-state index contributed by atoms with van der Waals surface area (Å²) in [7, 11) is -2.30. The third kappa shape index (κ3) is 3.51. The van der Waals surface area contributed by atoms with Crippen LogP contribution in [0.5, 0.6) is 0 Å². The van der Waals surface area contributed by atoms with Gasteiger partial charge in [-0.2, -0.15) is 0 Å². The summed E-state index contributed by atoms with van der Waals surface area (Å²) in [5.74, 6) is 0. The monoisotopic (exact) mass is 190 g/mol. The van der Waals surface area contributed by atoms with Crippen LogP contribution in [0.3, 0.4) is 0 Å². The van der Waals surface area contributed by atoms with Crippen LogP contribution in [0.1, 0.15) is 0 Å². The molecule has 68 valence electrons. The Morgan fingerprint density at radius 2 is 1.18 bits per heavy atom. The molecular formula is C7H22N2Si2. The highest BCUT2D eigenvalue weighted by atomic mass is 28.4. The van der Waals surface area contributed by atoms with Gasteiger partial charge in [0.1, 0.15) is 16.5 Å². The van der Waals surface area contributed by atoms with E-state index in [1.54, 1.807) is 0 Å². The first-order valence-electron chi connectivity index (χ1n) is 4.17. The lowest BCUT2D eigenvalue weighted by Gasteiger charge is -2.42. The van der Waals surface area contributed by atoms with E-state index in [0.717, 1.165) is 6.67 Å². The number of hydrogen-bond acceptors (Lipinski definition) is 2. The van der Waals surface area contributed by atoms with Crippen molar-refractivity contribution in [3.05, 3.63) is 0 Å². The summed E-state index contributed by atoms with van der Waals surface area (Å²) < 4.78 is 2.56. The second-order valence-corrected chi connectivity index (χ2v) is 15.2. The first-order chi connectivity index (χ1) is 4.69. The fourth-order valence-electron chi connectivity index (χ4n) is 1.55. The van der Waals surface area contributed by atoms with Crippen LogP contribution in [0.2, 0.25) is 39.3 Å². The van der Waals surface area contributed by atoms with Gasteiger partial charge in [0, 0.05) is 6.67 Å². The predicted octanol–water partition coefficient (Wildman–Crippen LogP) is 1.87. The van der Waals surface area contributed by atoms with Gasteiger partial charge < -0.3 is 9.96 Å². The molecule has 2 nitrogen and oxygen atoms in total. The van der Waals surface area contributed by atoms with Crippen molar-refractivity contribution in [3.8, 4) is 0 Å². The van der Waals surface area contributed by atoms with Crippen LogP contribution in [0.15, 0.2) is 0 Å². The zero-order chi connectivity index (χ0) is 9.28. The minimum Gasteiger partial charge on any atom is -0.334 e. The molecule has 0 aliphatic heterocycles. The number of nitrogens with two attached hydrogens (primary N) is 1. The van der Waals surface area contributed by atoms with Crippen LogP contribution in [-0.2, 0) is 0 Å². The molecule has 0 unspecified atom stereocenters. The molecule has 4 heteroatoms. The minimum absolute atomic E-state index is 0.742. The topological polar surface area (TPSA) is 29.3 Å². The molecule has 0 fully saturated rings. The highest BCUT2D eigenvalue weighted by molar-refractivity contribution is 6.89. The van der Waals surface area contributed by atoms with Gasteiger partial charge in [-0.05, 0) is 0 Å². The Morgan fingerprint density at radius 1 is 0.909 bits per heavy atom. The second kappa shape index (κ2) is 3.39. The van der Waals surface area contributed by atoms with Crippen molar-refractivity contribution < 1.29 is 0 Å². The van der Waals surface area contributed by atoms with E-state index >= 15 is 0 Å². The van der Waals surface area contributed by atoms with E-state index in [-0.39, 0.29) is 0 Å². The van der Waals surface area contributed by atoms with E-state index in [9.17, 15) is 0 Å². The van der Waals surface area contributed by atoms with E-state index in [1.165, 1.54) is 0 Å². The van der Waals surface area contributed by atoms with Crippen LogP contribution in [0, 0.1) is 0 Å². The molecule has 0 radical (unpaired) electrons. The summed E-state index contributed by atoms with van der Waals surface area (Å²) in [5.41, 5.74) is 5.74. The van der Waals surface area contributed by atoms with Crippen LogP contribution >= 0.6 is 0 Å². The van der Waals surface area contributed by atoms with Gasteiger partial charge in [0.25, 0.3) is 0 Å². The van der Waals surface area contributed by atoms with Gasteiger partial charge in [-0.3, -0.25) is 0 Å². The van der Waals surface area contributed by atoms with Crippen LogP contribution in [0.4, 0.5) is 0 Å². The maximum absolute atomic E-state index is 5.74. The largest absolute Gasteiger partial charge is 0.334 e. The Kier molecular flexibility index (Phi) is 3.50. The molecule has 0 aromatic rings. The van der Waals surface area contributed by atoms with Gasteiger partial charge in [0.05, 0.1) is 0 Å². The number of hydrogen-bond donors (Lipinski definition) is 1. The Bertz CT molecular complexity index is 109. The zero-order valence-corrected chi connectivity index (χ0v) is 10.7. The van der Waals surface area contributed by atoms with Gasteiger partial charge >= 0.3 is 0 Å². The molecule has 0 saturated heterocycles. The molecular weight excluding hydrogens is 168 g/mol. The smallest absolute Gasteiger partial charge is 0.113 e. The van der Waals surface area contributed by atoms with E-state index in [4.69, 9.17) is 5.73 Å². The average Bonchev–Trinajstić information content (AvgIpc) is 1.56. The third-order valence-corrected chi connectivity index (χ3v) is 9.43. The molecule has 0 aliphatic carbocycles. The molecule has 11 heavy (non-hydrogen) atoms. The molecule has 0 rings (SSSR count). The van der Waals surface area contributed by atoms with Crippen molar-refractivity contribution >= 4 is 16.5 Å². The molecule has 0 heterocycles. The summed E-state index contributed by atoms with van der Waals surface area (Å²) >= 11 is 0. The van der Waals surface area contributed by atoms with Crippen molar-refractivity contribution in [2.45, 2.75) is 39.3 Å². The predicted molar refractivity (Wildman–Crippen MR) is 57.6 cm³/mol. The van der Waals surface area contributed by atoms with Crippen molar-refractivity contribution in [1.82, 2.24) is 4.23 Å². The Labute approximate surface area is 73.0 Å². The SMILES string of the molecule is C[Si](C)(C)N(CN)[Si](C)(C)C. The highest BCUT2D eigenvalue weighted by Gasteiger charge is 2.32. The lowest BCUT2D eigenvalue weighted by Crippen LogP contribution is -2.60. The summed E-state index contributed by atoms with van der Waals surface area (Å²) in [6.45, 7) is 14.9. The maximum Gasteiger partial charge on any atom is 0.113 e. The first-order valence-corrected chi connectivity index (χ1v) is 11.1. The molecule has 0 saturated carbocycles. The summed E-state index contributed by atoms with van der Waals surface area (Å²) in [4.78, 5) is 0. The Morgan fingerprint density at radius 3 is 1.18 bits per heavy atom. The van der Waals surface area contributed by atoms with Gasteiger partial charge in [-0.15, -0.1) is 0 Å². The highest BCUT2D eigenvalue weighted by Crippen LogP contribution is 2.17. The Balaban J connectivity index is 4.43. The van der Waals surface area contributed by atoms with Gasteiger partial charge in [-0.25, -0.2) is 0 Å². The fraction of sp³-hybridized carbons (Fsp3) is 1.00. The van der Waals surface area contributed by atoms with Crippen molar-refractivity contribution in [1.29, 1.82) is 0 Å². The van der Waals surface area contributed by atoms with Gasteiger partial charge in [-0.1, -0.05) is 39.3 Å². The molecule has 0 aromatic carbocycles. The maximum atomic E-state index is 5.74. The summed E-state index contributed by atoms with van der Waals surface area (Å²) in [5, 5.41) is 0. The van der Waals surface area contributed by atoms with Crippen LogP contribution < -0.4 is 5.73 Å². The van der Waals surface area contributed by atoms with Crippen LogP contribution in [0.25, 0.3) is 0 Å². The van der Waals surface area contributed by atoms with E-state index < -0.39 is 16.5 Å². The van der Waals surface area contributed by atoms with E-state index in [1.807, 2.05) is 0 Å². The first kappa shape index (κ1) is 11.4. The normalized spacial score (nSPS) is 14.2. The lowest BCUT2D eigenvalue weighted by atomic mass is 11.3. The average molecular weight is 190 g/mol. The summed E-state index contributed by atoms with van der Waals surface area (Å²) in [6, 6.07) is 0. The van der Waals surface area contributed by atoms with Crippen molar-refractivity contribution in [2.75, 3.05) is 6.67 Å².